The van der Waals surface area contributed by atoms with E-state index >= 15 is 0 Å². The van der Waals surface area contributed by atoms with Crippen LogP contribution in [0.15, 0.2) is 24.3 Å². The zero-order valence-corrected chi connectivity index (χ0v) is 14.4. The van der Waals surface area contributed by atoms with Crippen molar-refractivity contribution in [1.29, 1.82) is 0 Å². The molecule has 1 aromatic carbocycles. The molecule has 1 amide bonds. The largest absolute Gasteiger partial charge is 0.382 e. The normalized spacial score (nSPS) is 22.5. The predicted molar refractivity (Wildman–Crippen MR) is 95.2 cm³/mol. The smallest absolute Gasteiger partial charge is 0.229 e. The molecule has 2 N–H and O–H groups in total. The van der Waals surface area contributed by atoms with Crippen molar-refractivity contribution in [1.82, 2.24) is 10.3 Å². The van der Waals surface area contributed by atoms with E-state index in [-0.39, 0.29) is 17.4 Å². The quantitative estimate of drug-likeness (QED) is 0.901. The van der Waals surface area contributed by atoms with E-state index in [0.29, 0.717) is 6.61 Å². The monoisotopic (exact) mass is 326 g/mol. The minimum Gasteiger partial charge on any atom is -0.382 e. The van der Waals surface area contributed by atoms with Crippen molar-refractivity contribution in [3.05, 3.63) is 35.5 Å². The van der Waals surface area contributed by atoms with Gasteiger partial charge in [0.25, 0.3) is 0 Å². The van der Waals surface area contributed by atoms with Gasteiger partial charge in [-0.1, -0.05) is 31.0 Å². The van der Waals surface area contributed by atoms with E-state index < -0.39 is 0 Å². The van der Waals surface area contributed by atoms with Crippen LogP contribution in [-0.2, 0) is 16.0 Å². The Bertz CT molecular complexity index is 743. The lowest BCUT2D eigenvalue weighted by atomic mass is 9.85. The lowest BCUT2D eigenvalue weighted by Gasteiger charge is -2.32. The van der Waals surface area contributed by atoms with Gasteiger partial charge in [0.1, 0.15) is 0 Å². The highest BCUT2D eigenvalue weighted by molar-refractivity contribution is 5.90. The molecule has 1 unspecified atom stereocenters. The molecule has 0 saturated heterocycles. The standard InChI is InChI=1S/C20H26N2O2/c1-24-13-20(11-4-5-12-20)22-19(23)16-9-6-8-15-14-7-2-3-10-17(14)21-18(15)16/h2-3,7,10,16,21H,4-6,8-9,11-13H2,1H3,(H,22,23). The van der Waals surface area contributed by atoms with E-state index in [9.17, 15) is 4.79 Å². The van der Waals surface area contributed by atoms with Crippen molar-refractivity contribution in [2.24, 2.45) is 0 Å². The van der Waals surface area contributed by atoms with E-state index in [4.69, 9.17) is 4.74 Å². The molecule has 2 aliphatic rings. The molecule has 0 aliphatic heterocycles. The van der Waals surface area contributed by atoms with Crippen LogP contribution in [0.4, 0.5) is 0 Å². The third-order valence-electron chi connectivity index (χ3n) is 5.80. The number of rotatable bonds is 4. The number of hydrogen-bond donors (Lipinski definition) is 2. The van der Waals surface area contributed by atoms with E-state index in [2.05, 4.69) is 28.5 Å². The summed E-state index contributed by atoms with van der Waals surface area (Å²) < 4.78 is 5.41. The number of fused-ring (bicyclic) bond motifs is 3. The first-order chi connectivity index (χ1) is 11.7. The molecule has 1 heterocycles. The number of aromatic amines is 1. The number of carbonyl (C=O) groups excluding carboxylic acids is 1. The molecule has 0 spiro atoms. The molecule has 24 heavy (non-hydrogen) atoms. The summed E-state index contributed by atoms with van der Waals surface area (Å²) in [4.78, 5) is 16.6. The highest BCUT2D eigenvalue weighted by Crippen LogP contribution is 2.37. The SMILES string of the molecule is COCC1(NC(=O)C2CCCc3c2[nH]c2ccccc32)CCCC1. The fourth-order valence-corrected chi connectivity index (χ4v) is 4.66. The summed E-state index contributed by atoms with van der Waals surface area (Å²) in [7, 11) is 1.72. The summed E-state index contributed by atoms with van der Waals surface area (Å²) in [5.41, 5.74) is 3.46. The maximum atomic E-state index is 13.1. The van der Waals surface area contributed by atoms with Gasteiger partial charge in [0.15, 0.2) is 0 Å². The first-order valence-corrected chi connectivity index (χ1v) is 9.13. The molecule has 128 valence electrons. The Morgan fingerprint density at radius 3 is 2.88 bits per heavy atom. The number of ether oxygens (including phenoxy) is 1. The highest BCUT2D eigenvalue weighted by atomic mass is 16.5. The molecule has 1 fully saturated rings. The van der Waals surface area contributed by atoms with Gasteiger partial charge in [-0.15, -0.1) is 0 Å². The summed E-state index contributed by atoms with van der Waals surface area (Å²) in [6, 6.07) is 8.39. The summed E-state index contributed by atoms with van der Waals surface area (Å²) in [5.74, 6) is 0.108. The van der Waals surface area contributed by atoms with Crippen molar-refractivity contribution in [2.45, 2.75) is 56.4 Å². The van der Waals surface area contributed by atoms with E-state index in [0.717, 1.165) is 43.3 Å². The number of nitrogens with one attached hydrogen (secondary N) is 2. The number of aryl methyl sites for hydroxylation is 1. The number of aromatic nitrogens is 1. The molecule has 4 rings (SSSR count). The maximum Gasteiger partial charge on any atom is 0.229 e. The van der Waals surface area contributed by atoms with Crippen molar-refractivity contribution in [2.75, 3.05) is 13.7 Å². The van der Waals surface area contributed by atoms with Crippen LogP contribution >= 0.6 is 0 Å². The van der Waals surface area contributed by atoms with Gasteiger partial charge in [-0.3, -0.25) is 4.79 Å². The second kappa shape index (κ2) is 6.25. The molecule has 0 bridgehead atoms. The summed E-state index contributed by atoms with van der Waals surface area (Å²) in [5, 5.41) is 4.64. The Kier molecular flexibility index (Phi) is 4.09. The average Bonchev–Trinajstić information content (AvgIpc) is 3.19. The van der Waals surface area contributed by atoms with Gasteiger partial charge in [-0.25, -0.2) is 0 Å². The van der Waals surface area contributed by atoms with Crippen LogP contribution in [0.2, 0.25) is 0 Å². The van der Waals surface area contributed by atoms with Crippen molar-refractivity contribution < 1.29 is 9.53 Å². The van der Waals surface area contributed by atoms with Gasteiger partial charge < -0.3 is 15.0 Å². The predicted octanol–water partition coefficient (Wildman–Crippen LogP) is 3.66. The maximum absolute atomic E-state index is 13.1. The van der Waals surface area contributed by atoms with Crippen LogP contribution in [0, 0.1) is 0 Å². The van der Waals surface area contributed by atoms with Crippen LogP contribution < -0.4 is 5.32 Å². The Labute approximate surface area is 143 Å². The molecular formula is C20H26N2O2. The molecule has 4 heteroatoms. The number of para-hydroxylation sites is 1. The third kappa shape index (κ3) is 2.63. The summed E-state index contributed by atoms with van der Waals surface area (Å²) >= 11 is 0. The lowest BCUT2D eigenvalue weighted by Crippen LogP contribution is -2.51. The second-order valence-corrected chi connectivity index (χ2v) is 7.42. The molecular weight excluding hydrogens is 300 g/mol. The molecule has 2 aliphatic carbocycles. The zero-order valence-electron chi connectivity index (χ0n) is 14.4. The van der Waals surface area contributed by atoms with Crippen molar-refractivity contribution in [3.8, 4) is 0 Å². The van der Waals surface area contributed by atoms with E-state index in [1.807, 2.05) is 6.07 Å². The minimum atomic E-state index is -0.157. The van der Waals surface area contributed by atoms with Gasteiger partial charge in [0.05, 0.1) is 18.1 Å². The van der Waals surface area contributed by atoms with Gasteiger partial charge in [-0.2, -0.15) is 0 Å². The fraction of sp³-hybridized carbons (Fsp3) is 0.550. The van der Waals surface area contributed by atoms with Crippen LogP contribution in [-0.4, -0.2) is 30.1 Å². The molecule has 1 atom stereocenters. The fourth-order valence-electron chi connectivity index (χ4n) is 4.66. The van der Waals surface area contributed by atoms with Crippen LogP contribution in [0.1, 0.15) is 55.7 Å². The zero-order chi connectivity index (χ0) is 16.6. The summed E-state index contributed by atoms with van der Waals surface area (Å²) in [6.07, 6.45) is 7.46. The number of benzene rings is 1. The number of methoxy groups -OCH3 is 1. The molecule has 4 nitrogen and oxygen atoms in total. The third-order valence-corrected chi connectivity index (χ3v) is 5.80. The number of H-pyrrole nitrogens is 1. The molecule has 0 radical (unpaired) electrons. The number of hydrogen-bond acceptors (Lipinski definition) is 2. The average molecular weight is 326 g/mol. The second-order valence-electron chi connectivity index (χ2n) is 7.42. The number of carbonyl (C=O) groups is 1. The topological polar surface area (TPSA) is 54.1 Å². The first-order valence-electron chi connectivity index (χ1n) is 9.13. The molecule has 2 aromatic rings. The first kappa shape index (κ1) is 15.7. The van der Waals surface area contributed by atoms with Gasteiger partial charge >= 0.3 is 0 Å². The highest BCUT2D eigenvalue weighted by Gasteiger charge is 2.38. The number of amides is 1. The minimum absolute atomic E-state index is 0.0597. The van der Waals surface area contributed by atoms with Crippen molar-refractivity contribution in [3.63, 3.8) is 0 Å². The van der Waals surface area contributed by atoms with Crippen LogP contribution in [0.25, 0.3) is 10.9 Å². The van der Waals surface area contributed by atoms with Gasteiger partial charge in [0.2, 0.25) is 5.91 Å². The molecule has 1 saturated carbocycles. The van der Waals surface area contributed by atoms with Crippen molar-refractivity contribution >= 4 is 16.8 Å². The van der Waals surface area contributed by atoms with Gasteiger partial charge in [-0.05, 0) is 43.7 Å². The van der Waals surface area contributed by atoms with Crippen LogP contribution in [0.3, 0.4) is 0 Å². The van der Waals surface area contributed by atoms with E-state index in [1.165, 1.54) is 23.8 Å². The summed E-state index contributed by atoms with van der Waals surface area (Å²) in [6.45, 7) is 0.616. The van der Waals surface area contributed by atoms with Crippen LogP contribution in [0.5, 0.6) is 0 Å². The molecule has 1 aromatic heterocycles. The lowest BCUT2D eigenvalue weighted by molar-refractivity contribution is -0.125. The van der Waals surface area contributed by atoms with E-state index in [1.54, 1.807) is 7.11 Å². The Morgan fingerprint density at radius 2 is 2.08 bits per heavy atom. The Morgan fingerprint density at radius 1 is 1.29 bits per heavy atom. The van der Waals surface area contributed by atoms with Gasteiger partial charge in [0, 0.05) is 23.7 Å². The Balaban J connectivity index is 1.62. The Hall–Kier alpha value is -1.81.